The molecule has 3 heterocycles. The monoisotopic (exact) mass is 453 g/mol. The number of pyridine rings is 1. The van der Waals surface area contributed by atoms with Gasteiger partial charge in [0.05, 0.1) is 17.3 Å². The number of hydrogen-bond donors (Lipinski definition) is 3. The topological polar surface area (TPSA) is 90.3 Å². The average Bonchev–Trinajstić information content (AvgIpc) is 3.15. The third-order valence-corrected chi connectivity index (χ3v) is 6.26. The molecule has 1 amide bonds. The highest BCUT2D eigenvalue weighted by Gasteiger charge is 2.43. The van der Waals surface area contributed by atoms with E-state index in [-0.39, 0.29) is 6.09 Å². The van der Waals surface area contributed by atoms with E-state index < -0.39 is 5.60 Å². The van der Waals surface area contributed by atoms with Crippen LogP contribution in [0.25, 0.3) is 16.7 Å². The second-order valence-electron chi connectivity index (χ2n) is 8.57. The lowest BCUT2D eigenvalue weighted by atomic mass is 9.91. The summed E-state index contributed by atoms with van der Waals surface area (Å²) in [4.78, 5) is 18.1. The van der Waals surface area contributed by atoms with E-state index in [1.54, 1.807) is 6.20 Å². The Morgan fingerprint density at radius 3 is 2.59 bits per heavy atom. The van der Waals surface area contributed by atoms with E-state index in [4.69, 9.17) is 21.7 Å². The Morgan fingerprint density at radius 2 is 2.00 bits per heavy atom. The van der Waals surface area contributed by atoms with Gasteiger partial charge in [-0.15, -0.1) is 0 Å². The summed E-state index contributed by atoms with van der Waals surface area (Å²) >= 11 is 6.61. The number of allylic oxidation sites excluding steroid dienone is 1. The highest BCUT2D eigenvalue weighted by Crippen LogP contribution is 2.40. The number of hydrogen-bond acceptors (Lipinski definition) is 6. The number of carbonyl (C=O) groups is 1. The van der Waals surface area contributed by atoms with Crippen molar-refractivity contribution in [3.05, 3.63) is 53.4 Å². The van der Waals surface area contributed by atoms with Gasteiger partial charge >= 0.3 is 6.09 Å². The first-order valence-corrected chi connectivity index (χ1v) is 11.2. The molecular formula is C24H28ClN5O2. The number of carbonyl (C=O) groups excluding carboxylic acids is 1. The minimum Gasteiger partial charge on any atom is -0.441 e. The van der Waals surface area contributed by atoms with Crippen LogP contribution in [0.3, 0.4) is 0 Å². The van der Waals surface area contributed by atoms with Gasteiger partial charge < -0.3 is 25.7 Å². The summed E-state index contributed by atoms with van der Waals surface area (Å²) < 4.78 is 5.55. The zero-order chi connectivity index (χ0) is 22.7. The van der Waals surface area contributed by atoms with Crippen LogP contribution < -0.4 is 15.5 Å². The lowest BCUT2D eigenvalue weighted by Gasteiger charge is -2.39. The predicted octanol–water partition coefficient (Wildman–Crippen LogP) is 4.47. The van der Waals surface area contributed by atoms with Crippen molar-refractivity contribution in [1.29, 1.82) is 5.41 Å². The normalized spacial score (nSPS) is 17.9. The molecule has 0 unspecified atom stereocenters. The molecule has 168 valence electrons. The largest absolute Gasteiger partial charge is 0.441 e. The molecule has 0 aliphatic carbocycles. The Bertz CT molecular complexity index is 1030. The average molecular weight is 454 g/mol. The van der Waals surface area contributed by atoms with Crippen LogP contribution in [0.4, 0.5) is 10.5 Å². The minimum atomic E-state index is -0.408. The second-order valence-corrected chi connectivity index (χ2v) is 8.98. The molecule has 1 aromatic heterocycles. The third kappa shape index (κ3) is 4.58. The van der Waals surface area contributed by atoms with E-state index in [1.807, 2.05) is 36.7 Å². The maximum absolute atomic E-state index is 11.5. The second kappa shape index (κ2) is 9.20. The maximum atomic E-state index is 11.5. The molecule has 2 aliphatic heterocycles. The number of alkyl carbamates (subject to hydrolysis) is 1. The van der Waals surface area contributed by atoms with E-state index in [2.05, 4.69) is 34.4 Å². The number of nitrogens with zero attached hydrogens (tertiary/aromatic N) is 2. The van der Waals surface area contributed by atoms with Crippen molar-refractivity contribution in [2.24, 2.45) is 0 Å². The van der Waals surface area contributed by atoms with Crippen LogP contribution >= 0.6 is 11.6 Å². The number of aromatic nitrogens is 1. The molecule has 32 heavy (non-hydrogen) atoms. The quantitative estimate of drug-likeness (QED) is 0.561. The molecule has 0 bridgehead atoms. The summed E-state index contributed by atoms with van der Waals surface area (Å²) in [6.07, 6.45) is 7.90. The molecule has 0 saturated carbocycles. The van der Waals surface area contributed by atoms with Crippen LogP contribution in [0, 0.1) is 5.41 Å². The van der Waals surface area contributed by atoms with Gasteiger partial charge in [-0.25, -0.2) is 4.79 Å². The summed E-state index contributed by atoms with van der Waals surface area (Å²) in [7, 11) is 0. The van der Waals surface area contributed by atoms with Crippen molar-refractivity contribution >= 4 is 35.2 Å². The summed E-state index contributed by atoms with van der Waals surface area (Å²) in [6.45, 7) is 6.16. The van der Waals surface area contributed by atoms with E-state index in [9.17, 15) is 4.79 Å². The summed E-state index contributed by atoms with van der Waals surface area (Å²) in [5.41, 5.74) is 4.29. The smallest absolute Gasteiger partial charge is 0.407 e. The first-order chi connectivity index (χ1) is 15.4. The molecule has 7 nitrogen and oxygen atoms in total. The zero-order valence-corrected chi connectivity index (χ0v) is 19.1. The molecule has 8 heteroatoms. The van der Waals surface area contributed by atoms with E-state index >= 15 is 0 Å². The fourth-order valence-corrected chi connectivity index (χ4v) is 4.46. The molecule has 2 aliphatic rings. The first kappa shape index (κ1) is 22.1. The van der Waals surface area contributed by atoms with Gasteiger partial charge in [-0.1, -0.05) is 35.9 Å². The van der Waals surface area contributed by atoms with Gasteiger partial charge in [-0.2, -0.15) is 0 Å². The molecule has 3 N–H and O–H groups in total. The number of piperidine rings is 1. The third-order valence-electron chi connectivity index (χ3n) is 5.98. The van der Waals surface area contributed by atoms with E-state index in [0.29, 0.717) is 17.6 Å². The Kier molecular flexibility index (Phi) is 6.37. The number of amides is 1. The number of nitrogens with one attached hydrogen (secondary N) is 3. The molecule has 0 radical (unpaired) electrons. The van der Waals surface area contributed by atoms with Gasteiger partial charge in [0.25, 0.3) is 0 Å². The molecule has 2 saturated heterocycles. The number of benzene rings is 1. The fraction of sp³-hybridized carbons (Fsp3) is 0.375. The van der Waals surface area contributed by atoms with Crippen LogP contribution in [0.5, 0.6) is 0 Å². The van der Waals surface area contributed by atoms with Crippen LogP contribution in [-0.4, -0.2) is 48.6 Å². The Balaban J connectivity index is 1.58. The molecule has 1 aromatic carbocycles. The summed E-state index contributed by atoms with van der Waals surface area (Å²) in [5, 5.41) is 14.4. The summed E-state index contributed by atoms with van der Waals surface area (Å²) in [5.74, 6) is 0. The van der Waals surface area contributed by atoms with Crippen molar-refractivity contribution < 1.29 is 9.53 Å². The molecule has 1 spiro atoms. The SMILES string of the molecule is CC(C)N/C=C(\C=N)c1ccc(-c2cncc(Cl)c2N2CCC3(CC2)CNC(=O)O3)cc1. The molecule has 0 atom stereocenters. The van der Waals surface area contributed by atoms with Gasteiger partial charge in [-0.3, -0.25) is 4.98 Å². The van der Waals surface area contributed by atoms with Gasteiger partial charge in [-0.05, 0) is 25.0 Å². The molecule has 2 fully saturated rings. The Hall–Kier alpha value is -3.06. The van der Waals surface area contributed by atoms with Gasteiger partial charge in [0, 0.05) is 67.9 Å². The van der Waals surface area contributed by atoms with E-state index in [1.165, 1.54) is 6.21 Å². The minimum absolute atomic E-state index is 0.302. The lowest BCUT2D eigenvalue weighted by Crippen LogP contribution is -2.46. The van der Waals surface area contributed by atoms with Crippen LogP contribution in [0.15, 0.2) is 42.9 Å². The van der Waals surface area contributed by atoms with Gasteiger partial charge in [0.1, 0.15) is 5.60 Å². The predicted molar refractivity (Wildman–Crippen MR) is 128 cm³/mol. The number of halogens is 1. The number of ether oxygens (including phenoxy) is 1. The van der Waals surface area contributed by atoms with Gasteiger partial charge in [0.2, 0.25) is 0 Å². The molecule has 2 aromatic rings. The number of anilines is 1. The van der Waals surface area contributed by atoms with Crippen molar-refractivity contribution in [1.82, 2.24) is 15.6 Å². The first-order valence-electron chi connectivity index (χ1n) is 10.8. The Labute approximate surface area is 193 Å². The number of rotatable bonds is 6. The molecule has 4 rings (SSSR count). The van der Waals surface area contributed by atoms with Gasteiger partial charge in [0.15, 0.2) is 0 Å². The fourth-order valence-electron chi connectivity index (χ4n) is 4.19. The van der Waals surface area contributed by atoms with Crippen molar-refractivity contribution in [3.63, 3.8) is 0 Å². The highest BCUT2D eigenvalue weighted by molar-refractivity contribution is 6.33. The zero-order valence-electron chi connectivity index (χ0n) is 18.3. The Morgan fingerprint density at radius 1 is 1.28 bits per heavy atom. The molecular weight excluding hydrogens is 426 g/mol. The lowest BCUT2D eigenvalue weighted by molar-refractivity contribution is 0.0367. The highest BCUT2D eigenvalue weighted by atomic mass is 35.5. The van der Waals surface area contributed by atoms with Crippen LogP contribution in [0.1, 0.15) is 32.3 Å². The standard InChI is InChI=1S/C24H28ClN5O2/c1-16(2)28-12-19(11-26)17-3-5-18(6-4-17)20-13-27-14-21(25)22(20)30-9-7-24(8-10-30)15-29-23(31)32-24/h3-6,11-14,16,26,28H,7-10,15H2,1-2H3,(H,29,31)/b19-12+,26-11?. The van der Waals surface area contributed by atoms with Crippen molar-refractivity contribution in [3.8, 4) is 11.1 Å². The van der Waals surface area contributed by atoms with E-state index in [0.717, 1.165) is 53.9 Å². The maximum Gasteiger partial charge on any atom is 0.407 e. The summed E-state index contributed by atoms with van der Waals surface area (Å²) in [6, 6.07) is 8.39. The van der Waals surface area contributed by atoms with Crippen LogP contribution in [0.2, 0.25) is 5.02 Å². The van der Waals surface area contributed by atoms with Crippen molar-refractivity contribution in [2.45, 2.75) is 38.3 Å². The van der Waals surface area contributed by atoms with Crippen LogP contribution in [-0.2, 0) is 4.74 Å². The van der Waals surface area contributed by atoms with Crippen molar-refractivity contribution in [2.75, 3.05) is 24.5 Å².